The quantitative estimate of drug-likeness (QED) is 0.580. The second-order valence-electron chi connectivity index (χ2n) is 4.47. The van der Waals surface area contributed by atoms with Gasteiger partial charge in [-0.25, -0.2) is 0 Å². The summed E-state index contributed by atoms with van der Waals surface area (Å²) in [5.41, 5.74) is -2.34. The molecule has 1 aromatic heterocycles. The fraction of sp³-hybridized carbons (Fsp3) is 0.182. The van der Waals surface area contributed by atoms with E-state index in [0.29, 0.717) is 12.1 Å². The lowest BCUT2D eigenvalue weighted by atomic mass is 10.0. The number of aromatic nitrogens is 2. The molecule has 0 amide bonds. The molecular formula is C11H10N6O8. The van der Waals surface area contributed by atoms with Crippen LogP contribution in [-0.2, 0) is 7.05 Å². The Kier molecular flexibility index (Phi) is 5.75. The van der Waals surface area contributed by atoms with E-state index in [9.17, 15) is 30.3 Å². The number of hydrogen-bond donors (Lipinski definition) is 0. The van der Waals surface area contributed by atoms with Gasteiger partial charge in [-0.05, 0) is 0 Å². The van der Waals surface area contributed by atoms with Crippen LogP contribution < -0.4 is 0 Å². The lowest BCUT2D eigenvalue weighted by molar-refractivity contribution is -0.445. The van der Waals surface area contributed by atoms with E-state index in [1.165, 1.54) is 24.1 Å². The van der Waals surface area contributed by atoms with Gasteiger partial charge in [0.25, 0.3) is 17.1 Å². The summed E-state index contributed by atoms with van der Waals surface area (Å²) in [7, 11) is 2.42. The van der Waals surface area contributed by atoms with Crippen molar-refractivity contribution in [3.05, 3.63) is 65.0 Å². The first kappa shape index (κ1) is 19.1. The number of nitrogens with zero attached hydrogens (tertiary/aromatic N) is 6. The molecule has 0 aliphatic rings. The maximum atomic E-state index is 11.1. The molecule has 0 bridgehead atoms. The van der Waals surface area contributed by atoms with Gasteiger partial charge in [0.15, 0.2) is 7.05 Å². The van der Waals surface area contributed by atoms with Crippen molar-refractivity contribution in [2.75, 3.05) is 7.05 Å². The van der Waals surface area contributed by atoms with E-state index in [4.69, 9.17) is 10.1 Å². The van der Waals surface area contributed by atoms with E-state index in [1.54, 1.807) is 0 Å². The Balaban J connectivity index is 0.000000705. The van der Waals surface area contributed by atoms with Gasteiger partial charge in [-0.3, -0.25) is 45.1 Å². The molecular weight excluding hydrogens is 344 g/mol. The summed E-state index contributed by atoms with van der Waals surface area (Å²) < 4.78 is 1.31. The van der Waals surface area contributed by atoms with Gasteiger partial charge in [0.05, 0.1) is 33.1 Å². The maximum Gasteiger partial charge on any atom is 0.291 e. The van der Waals surface area contributed by atoms with Gasteiger partial charge in [0.2, 0.25) is 0 Å². The van der Waals surface area contributed by atoms with Crippen molar-refractivity contribution in [1.29, 1.82) is 0 Å². The highest BCUT2D eigenvalue weighted by Gasteiger charge is 2.31. The summed E-state index contributed by atoms with van der Waals surface area (Å²) in [4.78, 5) is 38.5. The van der Waals surface area contributed by atoms with Crippen LogP contribution >= 0.6 is 0 Å². The first-order valence-corrected chi connectivity index (χ1v) is 6.22. The van der Waals surface area contributed by atoms with Crippen molar-refractivity contribution in [2.45, 2.75) is 0 Å². The van der Waals surface area contributed by atoms with Crippen LogP contribution in [0.1, 0.15) is 0 Å². The van der Waals surface area contributed by atoms with E-state index >= 15 is 0 Å². The highest BCUT2D eigenvalue weighted by molar-refractivity contribution is 5.83. The maximum absolute atomic E-state index is 11.1. The average molecular weight is 354 g/mol. The van der Waals surface area contributed by atoms with Crippen LogP contribution in [0.4, 0.5) is 17.1 Å². The monoisotopic (exact) mass is 354 g/mol. The summed E-state index contributed by atoms with van der Waals surface area (Å²) in [5, 5.41) is 45.5. The van der Waals surface area contributed by atoms with Crippen molar-refractivity contribution in [2.24, 2.45) is 7.05 Å². The molecule has 0 saturated heterocycles. The van der Waals surface area contributed by atoms with Gasteiger partial charge in [0.1, 0.15) is 5.56 Å². The van der Waals surface area contributed by atoms with Gasteiger partial charge in [0, 0.05) is 23.7 Å². The van der Waals surface area contributed by atoms with Gasteiger partial charge >= 0.3 is 0 Å². The topological polar surface area (TPSA) is 190 Å². The third-order valence-corrected chi connectivity index (χ3v) is 2.68. The standard InChI is InChI=1S/C10H7N5O6.CH3NO2/c1-12-5-6(4-11-12)10-8(14(18)19)2-7(13(16)17)3-9(10)15(20)21;1-2(3)4/h2-5H,1H3;1H3. The van der Waals surface area contributed by atoms with Crippen LogP contribution in [0.15, 0.2) is 24.5 Å². The molecule has 0 atom stereocenters. The molecule has 25 heavy (non-hydrogen) atoms. The molecule has 2 rings (SSSR count). The molecule has 1 heterocycles. The number of benzene rings is 1. The zero-order valence-electron chi connectivity index (χ0n) is 12.8. The van der Waals surface area contributed by atoms with Crippen LogP contribution in [0.25, 0.3) is 11.1 Å². The summed E-state index contributed by atoms with van der Waals surface area (Å²) in [6.45, 7) is 0. The molecule has 0 aliphatic carbocycles. The highest BCUT2D eigenvalue weighted by Crippen LogP contribution is 2.40. The zero-order valence-corrected chi connectivity index (χ0v) is 12.8. The number of rotatable bonds is 4. The fourth-order valence-electron chi connectivity index (χ4n) is 1.84. The minimum atomic E-state index is -0.924. The van der Waals surface area contributed by atoms with Crippen molar-refractivity contribution in [3.63, 3.8) is 0 Å². The van der Waals surface area contributed by atoms with Crippen molar-refractivity contribution >= 4 is 17.1 Å². The van der Waals surface area contributed by atoms with Crippen LogP contribution in [-0.4, -0.2) is 36.5 Å². The summed E-state index contributed by atoms with van der Waals surface area (Å²) in [6, 6.07) is 1.38. The van der Waals surface area contributed by atoms with E-state index in [1.807, 2.05) is 0 Å². The number of nitro groups is 4. The van der Waals surface area contributed by atoms with Crippen LogP contribution in [0.2, 0.25) is 0 Å². The molecule has 0 saturated carbocycles. The number of aryl methyl sites for hydroxylation is 1. The van der Waals surface area contributed by atoms with E-state index in [0.717, 1.165) is 7.05 Å². The van der Waals surface area contributed by atoms with Gasteiger partial charge < -0.3 is 0 Å². The van der Waals surface area contributed by atoms with Gasteiger partial charge in [-0.2, -0.15) is 5.10 Å². The third kappa shape index (κ3) is 4.75. The third-order valence-electron chi connectivity index (χ3n) is 2.68. The second kappa shape index (κ2) is 7.53. The molecule has 0 radical (unpaired) electrons. The first-order valence-electron chi connectivity index (χ1n) is 6.22. The number of non-ortho nitro benzene ring substituents is 1. The van der Waals surface area contributed by atoms with Crippen LogP contribution in [0, 0.1) is 40.5 Å². The average Bonchev–Trinajstić information content (AvgIpc) is 2.91. The van der Waals surface area contributed by atoms with E-state index in [2.05, 4.69) is 5.10 Å². The minimum Gasteiger partial charge on any atom is -0.275 e. The SMILES string of the molecule is C[N+](=O)[O-].Cn1cc(-c2c([N+](=O)[O-])cc([N+](=O)[O-])cc2[N+](=O)[O-])cn1. The Labute approximate surface area is 137 Å². The Morgan fingerprint density at radius 2 is 1.36 bits per heavy atom. The predicted molar refractivity (Wildman–Crippen MR) is 81.5 cm³/mol. The summed E-state index contributed by atoms with van der Waals surface area (Å²) >= 11 is 0. The minimum absolute atomic E-state index is 0.130. The molecule has 0 spiro atoms. The smallest absolute Gasteiger partial charge is 0.275 e. The Bertz CT molecular complexity index is 821. The normalized spacial score (nSPS) is 9.68. The Hall–Kier alpha value is -3.97. The Morgan fingerprint density at radius 3 is 1.64 bits per heavy atom. The summed E-state index contributed by atoms with van der Waals surface area (Å²) in [6.07, 6.45) is 2.56. The molecule has 14 nitrogen and oxygen atoms in total. The van der Waals surface area contributed by atoms with E-state index in [-0.39, 0.29) is 11.1 Å². The van der Waals surface area contributed by atoms with Crippen LogP contribution in [0.3, 0.4) is 0 Å². The molecule has 14 heteroatoms. The molecule has 0 N–H and O–H groups in total. The zero-order chi connectivity index (χ0) is 19.3. The van der Waals surface area contributed by atoms with Crippen molar-refractivity contribution in [1.82, 2.24) is 9.78 Å². The van der Waals surface area contributed by atoms with Gasteiger partial charge in [-0.15, -0.1) is 0 Å². The predicted octanol–water partition coefficient (Wildman–Crippen LogP) is 1.70. The van der Waals surface area contributed by atoms with Gasteiger partial charge in [-0.1, -0.05) is 0 Å². The molecule has 0 unspecified atom stereocenters. The second-order valence-corrected chi connectivity index (χ2v) is 4.47. The van der Waals surface area contributed by atoms with Crippen molar-refractivity contribution < 1.29 is 19.7 Å². The van der Waals surface area contributed by atoms with E-state index < -0.39 is 36.8 Å². The molecule has 0 aliphatic heterocycles. The highest BCUT2D eigenvalue weighted by atomic mass is 16.6. The fourth-order valence-corrected chi connectivity index (χ4v) is 1.84. The molecule has 132 valence electrons. The lowest BCUT2D eigenvalue weighted by Gasteiger charge is -2.02. The van der Waals surface area contributed by atoms with Crippen LogP contribution in [0.5, 0.6) is 0 Å². The van der Waals surface area contributed by atoms with Crippen molar-refractivity contribution in [3.8, 4) is 11.1 Å². The molecule has 0 fully saturated rings. The molecule has 1 aromatic carbocycles. The molecule has 2 aromatic rings. The number of nitro benzene ring substituents is 3. The largest absolute Gasteiger partial charge is 0.291 e. The summed E-state index contributed by atoms with van der Waals surface area (Å²) in [5.74, 6) is 0. The number of hydrogen-bond acceptors (Lipinski definition) is 9. The first-order chi connectivity index (χ1) is 11.5. The Morgan fingerprint density at radius 1 is 0.920 bits per heavy atom. The lowest BCUT2D eigenvalue weighted by Crippen LogP contribution is -2.00.